The number of nitrogens with zero attached hydrogens (tertiary/aromatic N) is 1. The third-order valence-electron chi connectivity index (χ3n) is 6.05. The third kappa shape index (κ3) is 3.71. The molecule has 0 aromatic heterocycles. The molecule has 2 aliphatic rings. The van der Waals surface area contributed by atoms with E-state index in [1.165, 1.54) is 0 Å². The third-order valence-corrected chi connectivity index (χ3v) is 6.05. The van der Waals surface area contributed by atoms with Crippen LogP contribution in [0.2, 0.25) is 0 Å². The minimum absolute atomic E-state index is 0.0238. The first kappa shape index (κ1) is 19.8. The van der Waals surface area contributed by atoms with Crippen LogP contribution in [0, 0.1) is 0 Å². The van der Waals surface area contributed by atoms with Crippen LogP contribution in [0.15, 0.2) is 48.5 Å². The van der Waals surface area contributed by atoms with Gasteiger partial charge in [0.05, 0.1) is 17.8 Å². The van der Waals surface area contributed by atoms with E-state index in [0.29, 0.717) is 12.1 Å². The Morgan fingerprint density at radius 3 is 2.76 bits per heavy atom. The zero-order chi connectivity index (χ0) is 20.4. The number of amides is 1. The summed E-state index contributed by atoms with van der Waals surface area (Å²) in [5, 5.41) is 3.65. The number of nitrogens with one attached hydrogen (secondary N) is 1. The van der Waals surface area contributed by atoms with Crippen molar-refractivity contribution in [3.8, 4) is 5.75 Å². The molecule has 0 spiro atoms. The molecule has 3 unspecified atom stereocenters. The molecule has 0 bridgehead atoms. The maximum atomic E-state index is 13.6. The molecule has 2 aromatic rings. The number of anilines is 1. The summed E-state index contributed by atoms with van der Waals surface area (Å²) in [4.78, 5) is 15.5. The van der Waals surface area contributed by atoms with E-state index >= 15 is 0 Å². The molecule has 1 fully saturated rings. The maximum Gasteiger partial charge on any atom is 0.258 e. The summed E-state index contributed by atoms with van der Waals surface area (Å²) in [6.45, 7) is 7.55. The van der Waals surface area contributed by atoms with Crippen molar-refractivity contribution in [1.82, 2.24) is 4.90 Å². The van der Waals surface area contributed by atoms with E-state index in [2.05, 4.69) is 32.2 Å². The summed E-state index contributed by atoms with van der Waals surface area (Å²) < 4.78 is 12.1. The smallest absolute Gasteiger partial charge is 0.258 e. The summed E-state index contributed by atoms with van der Waals surface area (Å²) in [6.07, 6.45) is 3.10. The van der Waals surface area contributed by atoms with Gasteiger partial charge in [0.15, 0.2) is 0 Å². The van der Waals surface area contributed by atoms with Gasteiger partial charge in [0.1, 0.15) is 11.4 Å². The number of carbonyl (C=O) groups is 1. The SMILES string of the molecule is CCC(C)Oc1ccccc1C1(C)Nc2ccccc2C(=O)N1CC1CCCO1. The van der Waals surface area contributed by atoms with Crippen LogP contribution in [-0.4, -0.2) is 36.2 Å². The lowest BCUT2D eigenvalue weighted by Crippen LogP contribution is -2.57. The van der Waals surface area contributed by atoms with Crippen molar-refractivity contribution in [1.29, 1.82) is 0 Å². The molecule has 1 saturated heterocycles. The molecule has 154 valence electrons. The second kappa shape index (κ2) is 8.07. The molecular formula is C24H30N2O3. The number of hydrogen-bond donors (Lipinski definition) is 1. The van der Waals surface area contributed by atoms with Gasteiger partial charge in [0.25, 0.3) is 5.91 Å². The number of hydrogen-bond acceptors (Lipinski definition) is 4. The van der Waals surface area contributed by atoms with Crippen LogP contribution >= 0.6 is 0 Å². The molecule has 1 amide bonds. The average molecular weight is 395 g/mol. The molecule has 2 aromatic carbocycles. The number of carbonyl (C=O) groups excluding carboxylic acids is 1. The minimum Gasteiger partial charge on any atom is -0.490 e. The summed E-state index contributed by atoms with van der Waals surface area (Å²) in [5.74, 6) is 0.831. The van der Waals surface area contributed by atoms with E-state index < -0.39 is 5.66 Å². The highest BCUT2D eigenvalue weighted by Crippen LogP contribution is 2.42. The number of rotatable bonds is 6. The maximum absolute atomic E-state index is 13.6. The van der Waals surface area contributed by atoms with Gasteiger partial charge in [-0.1, -0.05) is 37.3 Å². The normalized spacial score (nSPS) is 24.7. The largest absolute Gasteiger partial charge is 0.490 e. The average Bonchev–Trinajstić information content (AvgIpc) is 3.25. The van der Waals surface area contributed by atoms with E-state index in [1.807, 2.05) is 47.4 Å². The summed E-state index contributed by atoms with van der Waals surface area (Å²) in [6, 6.07) is 15.7. The van der Waals surface area contributed by atoms with Crippen molar-refractivity contribution < 1.29 is 14.3 Å². The van der Waals surface area contributed by atoms with Crippen LogP contribution < -0.4 is 10.1 Å². The van der Waals surface area contributed by atoms with E-state index in [-0.39, 0.29) is 18.1 Å². The molecule has 0 saturated carbocycles. The van der Waals surface area contributed by atoms with Gasteiger partial charge in [-0.05, 0) is 51.3 Å². The van der Waals surface area contributed by atoms with Crippen molar-refractivity contribution in [3.63, 3.8) is 0 Å². The van der Waals surface area contributed by atoms with Gasteiger partial charge in [-0.3, -0.25) is 4.79 Å². The monoisotopic (exact) mass is 394 g/mol. The van der Waals surface area contributed by atoms with Gasteiger partial charge >= 0.3 is 0 Å². The van der Waals surface area contributed by atoms with Gasteiger partial charge in [-0.25, -0.2) is 0 Å². The Hall–Kier alpha value is -2.53. The Kier molecular flexibility index (Phi) is 5.50. The van der Waals surface area contributed by atoms with Crippen molar-refractivity contribution in [2.75, 3.05) is 18.5 Å². The van der Waals surface area contributed by atoms with Crippen LogP contribution in [0.5, 0.6) is 5.75 Å². The zero-order valence-electron chi connectivity index (χ0n) is 17.5. The van der Waals surface area contributed by atoms with Crippen molar-refractivity contribution in [3.05, 3.63) is 59.7 Å². The molecule has 5 heteroatoms. The van der Waals surface area contributed by atoms with E-state index in [4.69, 9.17) is 9.47 Å². The zero-order valence-corrected chi connectivity index (χ0v) is 17.5. The topological polar surface area (TPSA) is 50.8 Å². The standard InChI is InChI=1S/C24H30N2O3/c1-4-17(2)29-22-14-8-6-12-20(22)24(3)25-21-13-7-5-11-19(21)23(27)26(24)16-18-10-9-15-28-18/h5-8,11-14,17-18,25H,4,9-10,15-16H2,1-3H3. The van der Waals surface area contributed by atoms with Crippen molar-refractivity contribution >= 4 is 11.6 Å². The minimum atomic E-state index is -0.735. The Bertz CT molecular complexity index is 878. The summed E-state index contributed by atoms with van der Waals surface area (Å²) in [7, 11) is 0. The van der Waals surface area contributed by atoms with Gasteiger partial charge in [0.2, 0.25) is 0 Å². The van der Waals surface area contributed by atoms with Crippen LogP contribution in [0.25, 0.3) is 0 Å². The van der Waals surface area contributed by atoms with Crippen LogP contribution in [0.3, 0.4) is 0 Å². The first-order valence-corrected chi connectivity index (χ1v) is 10.6. The lowest BCUT2D eigenvalue weighted by atomic mass is 9.92. The Morgan fingerprint density at radius 1 is 1.24 bits per heavy atom. The predicted octanol–water partition coefficient (Wildman–Crippen LogP) is 4.78. The number of ether oxygens (including phenoxy) is 2. The van der Waals surface area contributed by atoms with Gasteiger partial charge in [-0.2, -0.15) is 0 Å². The molecule has 1 N–H and O–H groups in total. The van der Waals surface area contributed by atoms with Gasteiger partial charge in [0, 0.05) is 24.4 Å². The quantitative estimate of drug-likeness (QED) is 0.766. The first-order valence-electron chi connectivity index (χ1n) is 10.6. The molecule has 2 aliphatic heterocycles. The molecule has 2 heterocycles. The molecule has 0 radical (unpaired) electrons. The Labute approximate surface area is 173 Å². The molecule has 5 nitrogen and oxygen atoms in total. The highest BCUT2D eigenvalue weighted by Gasteiger charge is 2.45. The van der Waals surface area contributed by atoms with Crippen LogP contribution in [-0.2, 0) is 10.4 Å². The van der Waals surface area contributed by atoms with E-state index in [9.17, 15) is 4.79 Å². The van der Waals surface area contributed by atoms with Crippen molar-refractivity contribution in [2.24, 2.45) is 0 Å². The molecule has 4 rings (SSSR count). The molecule has 3 atom stereocenters. The fraction of sp³-hybridized carbons (Fsp3) is 0.458. The summed E-state index contributed by atoms with van der Waals surface area (Å²) >= 11 is 0. The molecule has 29 heavy (non-hydrogen) atoms. The van der Waals surface area contributed by atoms with E-state index in [0.717, 1.165) is 42.9 Å². The molecular weight excluding hydrogens is 364 g/mol. The second-order valence-electron chi connectivity index (χ2n) is 8.13. The van der Waals surface area contributed by atoms with Crippen LogP contribution in [0.1, 0.15) is 56.0 Å². The lowest BCUT2D eigenvalue weighted by Gasteiger charge is -2.47. The fourth-order valence-corrected chi connectivity index (χ4v) is 4.20. The first-order chi connectivity index (χ1) is 14.0. The van der Waals surface area contributed by atoms with Crippen LogP contribution in [0.4, 0.5) is 5.69 Å². The Balaban J connectivity index is 1.79. The highest BCUT2D eigenvalue weighted by molar-refractivity contribution is 6.02. The van der Waals surface area contributed by atoms with E-state index in [1.54, 1.807) is 0 Å². The Morgan fingerprint density at radius 2 is 2.00 bits per heavy atom. The second-order valence-corrected chi connectivity index (χ2v) is 8.13. The molecule has 0 aliphatic carbocycles. The van der Waals surface area contributed by atoms with Gasteiger partial charge < -0.3 is 19.7 Å². The number of fused-ring (bicyclic) bond motifs is 1. The number of benzene rings is 2. The predicted molar refractivity (Wildman–Crippen MR) is 114 cm³/mol. The van der Waals surface area contributed by atoms with Crippen molar-refractivity contribution in [2.45, 2.75) is 57.9 Å². The van der Waals surface area contributed by atoms with Gasteiger partial charge in [-0.15, -0.1) is 0 Å². The fourth-order valence-electron chi connectivity index (χ4n) is 4.20. The summed E-state index contributed by atoms with van der Waals surface area (Å²) in [5.41, 5.74) is 1.77. The highest BCUT2D eigenvalue weighted by atomic mass is 16.5. The number of para-hydroxylation sites is 2. The lowest BCUT2D eigenvalue weighted by molar-refractivity contribution is 0.0234.